The van der Waals surface area contributed by atoms with Crippen molar-refractivity contribution in [1.29, 1.82) is 0 Å². The molecular formula is C28H32O5. The van der Waals surface area contributed by atoms with Gasteiger partial charge in [-0.05, 0) is 52.8 Å². The molecule has 5 heteroatoms. The number of ether oxygens (including phenoxy) is 1. The van der Waals surface area contributed by atoms with Crippen molar-refractivity contribution < 1.29 is 25.2 Å². The molecule has 1 heterocycles. The lowest BCUT2D eigenvalue weighted by Crippen LogP contribution is -2.62. The molecule has 5 nitrogen and oxygen atoms in total. The Morgan fingerprint density at radius 1 is 1.00 bits per heavy atom. The van der Waals surface area contributed by atoms with Crippen molar-refractivity contribution in [3.05, 3.63) is 95.1 Å². The zero-order valence-corrected chi connectivity index (χ0v) is 19.1. The zero-order chi connectivity index (χ0) is 23.6. The molecule has 33 heavy (non-hydrogen) atoms. The third-order valence-electron chi connectivity index (χ3n) is 6.84. The number of rotatable bonds is 6. The summed E-state index contributed by atoms with van der Waals surface area (Å²) in [7, 11) is 0. The van der Waals surface area contributed by atoms with E-state index in [2.05, 4.69) is 25.1 Å². The standard InChI is InChI=1S/C28H32O5/c1-3-21(19-10-6-4-7-11-19)23-14-18(2)22(20-12-8-5-9-13-20)15-24(23)28(32)26(16-29)33-17-25(30)27(28)31/h4-15,21,25-27,29-32H,3,16-17H2,1-2H3. The SMILES string of the molecule is CCC(c1ccccc1)c1cc(C)c(-c2ccccc2)cc1C1(O)C(CO)OCC(O)C1O. The van der Waals surface area contributed by atoms with E-state index in [1.807, 2.05) is 61.5 Å². The Morgan fingerprint density at radius 2 is 1.64 bits per heavy atom. The van der Waals surface area contributed by atoms with Gasteiger partial charge in [0.2, 0.25) is 0 Å². The molecule has 3 aromatic carbocycles. The molecule has 1 aliphatic rings. The second kappa shape index (κ2) is 9.75. The third kappa shape index (κ3) is 4.23. The summed E-state index contributed by atoms with van der Waals surface area (Å²) in [6.07, 6.45) is -3.10. The third-order valence-corrected chi connectivity index (χ3v) is 6.84. The molecule has 0 saturated carbocycles. The van der Waals surface area contributed by atoms with Crippen molar-refractivity contribution in [2.45, 2.75) is 50.1 Å². The molecule has 0 aliphatic carbocycles. The molecule has 5 atom stereocenters. The predicted molar refractivity (Wildman–Crippen MR) is 128 cm³/mol. The molecular weight excluding hydrogens is 416 g/mol. The first-order valence-corrected chi connectivity index (χ1v) is 11.5. The molecule has 5 unspecified atom stereocenters. The summed E-state index contributed by atoms with van der Waals surface area (Å²) >= 11 is 0. The molecule has 0 bridgehead atoms. The van der Waals surface area contributed by atoms with Crippen LogP contribution < -0.4 is 0 Å². The van der Waals surface area contributed by atoms with Crippen molar-refractivity contribution in [1.82, 2.24) is 0 Å². The fraction of sp³-hybridized carbons (Fsp3) is 0.357. The Morgan fingerprint density at radius 3 is 2.24 bits per heavy atom. The Labute approximate surface area is 194 Å². The van der Waals surface area contributed by atoms with E-state index < -0.39 is 30.5 Å². The summed E-state index contributed by atoms with van der Waals surface area (Å²) in [5.41, 5.74) is 3.34. The van der Waals surface area contributed by atoms with Gasteiger partial charge < -0.3 is 25.2 Å². The first-order valence-electron chi connectivity index (χ1n) is 11.5. The average molecular weight is 449 g/mol. The summed E-state index contributed by atoms with van der Waals surface area (Å²) in [6.45, 7) is 3.47. The first kappa shape index (κ1) is 23.6. The van der Waals surface area contributed by atoms with Crippen LogP contribution in [0, 0.1) is 6.92 Å². The molecule has 174 valence electrons. The highest BCUT2D eigenvalue weighted by molar-refractivity contribution is 5.70. The molecule has 4 rings (SSSR count). The number of aliphatic hydroxyl groups is 4. The summed E-state index contributed by atoms with van der Waals surface area (Å²) in [6, 6.07) is 23.8. The van der Waals surface area contributed by atoms with Crippen LogP contribution in [0.2, 0.25) is 0 Å². The Bertz CT molecular complexity index is 1060. The van der Waals surface area contributed by atoms with Crippen LogP contribution in [0.4, 0.5) is 0 Å². The first-order chi connectivity index (χ1) is 15.9. The molecule has 0 spiro atoms. The van der Waals surface area contributed by atoms with Gasteiger partial charge in [-0.1, -0.05) is 73.7 Å². The van der Waals surface area contributed by atoms with Crippen molar-refractivity contribution in [2.75, 3.05) is 13.2 Å². The van der Waals surface area contributed by atoms with Crippen LogP contribution in [-0.4, -0.2) is 52.0 Å². The molecule has 3 aromatic rings. The quantitative estimate of drug-likeness (QED) is 0.463. The number of aryl methyl sites for hydroxylation is 1. The second-order valence-corrected chi connectivity index (χ2v) is 8.83. The van der Waals surface area contributed by atoms with E-state index in [1.54, 1.807) is 0 Å². The summed E-state index contributed by atoms with van der Waals surface area (Å²) in [5, 5.41) is 43.5. The normalized spacial score (nSPS) is 26.2. The van der Waals surface area contributed by atoms with Crippen LogP contribution in [0.25, 0.3) is 11.1 Å². The van der Waals surface area contributed by atoms with Gasteiger partial charge in [-0.3, -0.25) is 0 Å². The monoisotopic (exact) mass is 448 g/mol. The predicted octanol–water partition coefficient (Wildman–Crippen LogP) is 3.50. The molecule has 0 amide bonds. The van der Waals surface area contributed by atoms with E-state index in [0.29, 0.717) is 5.56 Å². The smallest absolute Gasteiger partial charge is 0.147 e. The fourth-order valence-electron chi connectivity index (χ4n) is 5.06. The molecule has 1 fully saturated rings. The zero-order valence-electron chi connectivity index (χ0n) is 19.1. The maximum absolute atomic E-state index is 12.0. The van der Waals surface area contributed by atoms with Gasteiger partial charge in [0, 0.05) is 5.92 Å². The Balaban J connectivity index is 2.00. The van der Waals surface area contributed by atoms with E-state index in [9.17, 15) is 20.4 Å². The summed E-state index contributed by atoms with van der Waals surface area (Å²) < 4.78 is 5.62. The van der Waals surface area contributed by atoms with Gasteiger partial charge in [-0.2, -0.15) is 0 Å². The van der Waals surface area contributed by atoms with Gasteiger partial charge in [0.25, 0.3) is 0 Å². The van der Waals surface area contributed by atoms with Crippen LogP contribution in [0.3, 0.4) is 0 Å². The van der Waals surface area contributed by atoms with Crippen LogP contribution in [0.1, 0.15) is 41.5 Å². The molecule has 0 radical (unpaired) electrons. The van der Waals surface area contributed by atoms with Gasteiger partial charge in [0.05, 0.1) is 13.2 Å². The van der Waals surface area contributed by atoms with Crippen LogP contribution in [0.5, 0.6) is 0 Å². The molecule has 0 aromatic heterocycles. The van der Waals surface area contributed by atoms with E-state index in [-0.39, 0.29) is 12.5 Å². The number of aliphatic hydroxyl groups excluding tert-OH is 3. The van der Waals surface area contributed by atoms with E-state index in [4.69, 9.17) is 4.74 Å². The van der Waals surface area contributed by atoms with Crippen molar-refractivity contribution in [3.8, 4) is 11.1 Å². The fourth-order valence-corrected chi connectivity index (χ4v) is 5.06. The summed E-state index contributed by atoms with van der Waals surface area (Å²) in [5.74, 6) is -0.0561. The van der Waals surface area contributed by atoms with Gasteiger partial charge in [0.1, 0.15) is 23.9 Å². The highest BCUT2D eigenvalue weighted by atomic mass is 16.5. The van der Waals surface area contributed by atoms with Crippen molar-refractivity contribution >= 4 is 0 Å². The maximum Gasteiger partial charge on any atom is 0.147 e. The van der Waals surface area contributed by atoms with E-state index >= 15 is 0 Å². The van der Waals surface area contributed by atoms with Crippen LogP contribution >= 0.6 is 0 Å². The Kier molecular flexibility index (Phi) is 6.98. The molecule has 1 saturated heterocycles. The van der Waals surface area contributed by atoms with Gasteiger partial charge in [-0.15, -0.1) is 0 Å². The lowest BCUT2D eigenvalue weighted by atomic mass is 9.72. The van der Waals surface area contributed by atoms with Gasteiger partial charge >= 0.3 is 0 Å². The van der Waals surface area contributed by atoms with Gasteiger partial charge in [-0.25, -0.2) is 0 Å². The lowest BCUT2D eigenvalue weighted by Gasteiger charge is -2.46. The average Bonchev–Trinajstić information content (AvgIpc) is 2.84. The van der Waals surface area contributed by atoms with Crippen molar-refractivity contribution in [2.24, 2.45) is 0 Å². The minimum Gasteiger partial charge on any atom is -0.394 e. The molecule has 1 aliphatic heterocycles. The van der Waals surface area contributed by atoms with E-state index in [1.165, 1.54) is 0 Å². The minimum atomic E-state index is -1.98. The van der Waals surface area contributed by atoms with Crippen LogP contribution in [-0.2, 0) is 10.3 Å². The maximum atomic E-state index is 12.0. The van der Waals surface area contributed by atoms with Gasteiger partial charge in [0.15, 0.2) is 0 Å². The Hall–Kier alpha value is -2.54. The number of benzene rings is 3. The second-order valence-electron chi connectivity index (χ2n) is 8.83. The minimum absolute atomic E-state index is 0.0561. The highest BCUT2D eigenvalue weighted by Gasteiger charge is 2.53. The molecule has 4 N–H and O–H groups in total. The number of hydrogen-bond acceptors (Lipinski definition) is 5. The summed E-state index contributed by atoms with van der Waals surface area (Å²) in [4.78, 5) is 0. The van der Waals surface area contributed by atoms with Crippen molar-refractivity contribution in [3.63, 3.8) is 0 Å². The van der Waals surface area contributed by atoms with E-state index in [0.717, 1.165) is 34.2 Å². The largest absolute Gasteiger partial charge is 0.394 e. The van der Waals surface area contributed by atoms with Crippen LogP contribution in [0.15, 0.2) is 72.8 Å². The number of hydrogen-bond donors (Lipinski definition) is 4. The topological polar surface area (TPSA) is 90.2 Å². The lowest BCUT2D eigenvalue weighted by molar-refractivity contribution is -0.255. The highest BCUT2D eigenvalue weighted by Crippen LogP contribution is 2.44.